The van der Waals surface area contributed by atoms with Crippen molar-refractivity contribution in [3.63, 3.8) is 0 Å². The zero-order valence-corrected chi connectivity index (χ0v) is 41.5. The molecule has 4 aromatic rings. The highest BCUT2D eigenvalue weighted by atomic mass is 28.4. The molecule has 0 N–H and O–H groups in total. The Bertz CT molecular complexity index is 2010. The number of hydrogen-bond acceptors (Lipinski definition) is 9. The van der Waals surface area contributed by atoms with E-state index < -0.39 is 27.8 Å². The van der Waals surface area contributed by atoms with Crippen molar-refractivity contribution in [2.75, 3.05) is 48.8 Å². The van der Waals surface area contributed by atoms with Crippen LogP contribution in [0.1, 0.15) is 54.9 Å². The van der Waals surface area contributed by atoms with E-state index in [9.17, 15) is 0 Å². The van der Waals surface area contributed by atoms with E-state index in [0.29, 0.717) is 13.2 Å². The molecular weight excluding hydrogens is 825 g/mol. The highest BCUT2D eigenvalue weighted by molar-refractivity contribution is 7.00. The molecule has 0 radical (unpaired) electrons. The van der Waals surface area contributed by atoms with Crippen LogP contribution in [0.15, 0.2) is 133 Å². The molecule has 4 aromatic carbocycles. The SMILES string of the molecule is COC1O[C@@]2(CO[Si](c3ccccc3)(c3ccccc3)C(C)(C)C)C=C(C)[C@@H]1[C@@H]2OC.COC1O[C@@]2(CO[Si](c3ccccc3)(c3ccccc3)C(C)(C)C)C[C@H](OC)[C@@H]1[C@@H]2OC. The van der Waals surface area contributed by atoms with Crippen molar-refractivity contribution in [1.29, 1.82) is 0 Å². The van der Waals surface area contributed by atoms with Crippen LogP contribution in [0.5, 0.6) is 0 Å². The summed E-state index contributed by atoms with van der Waals surface area (Å²) in [4.78, 5) is 0. The van der Waals surface area contributed by atoms with Crippen LogP contribution >= 0.6 is 0 Å². The van der Waals surface area contributed by atoms with E-state index in [1.54, 1.807) is 35.5 Å². The number of fused-ring (bicyclic) bond motifs is 4. The number of rotatable bonds is 15. The van der Waals surface area contributed by atoms with Crippen LogP contribution in [-0.4, -0.2) is 107 Å². The van der Waals surface area contributed by atoms with Crippen LogP contribution in [-0.2, 0) is 42.0 Å². The van der Waals surface area contributed by atoms with Gasteiger partial charge >= 0.3 is 0 Å². The van der Waals surface area contributed by atoms with Crippen molar-refractivity contribution in [3.05, 3.63) is 133 Å². The van der Waals surface area contributed by atoms with Gasteiger partial charge in [-0.2, -0.15) is 0 Å². The molecular formula is C52H70O9Si2. The third kappa shape index (κ3) is 8.31. The molecule has 2 saturated heterocycles. The summed E-state index contributed by atoms with van der Waals surface area (Å²) >= 11 is 0. The predicted octanol–water partition coefficient (Wildman–Crippen LogP) is 7.25. The van der Waals surface area contributed by atoms with E-state index in [2.05, 4.69) is 176 Å². The lowest BCUT2D eigenvalue weighted by Gasteiger charge is -2.45. The Labute approximate surface area is 378 Å². The van der Waals surface area contributed by atoms with E-state index in [0.717, 1.165) is 6.42 Å². The minimum atomic E-state index is -2.69. The molecule has 2 aliphatic heterocycles. The lowest BCUT2D eigenvalue weighted by Crippen LogP contribution is -2.68. The zero-order valence-electron chi connectivity index (χ0n) is 39.5. The van der Waals surface area contributed by atoms with Gasteiger partial charge in [-0.3, -0.25) is 0 Å². The van der Waals surface area contributed by atoms with Gasteiger partial charge in [0.15, 0.2) is 12.6 Å². The molecule has 4 aliphatic rings. The predicted molar refractivity (Wildman–Crippen MR) is 254 cm³/mol. The Kier molecular flexibility index (Phi) is 14.3. The number of hydrogen-bond donors (Lipinski definition) is 0. The van der Waals surface area contributed by atoms with Crippen LogP contribution in [0.3, 0.4) is 0 Å². The summed E-state index contributed by atoms with van der Waals surface area (Å²) in [5, 5.41) is 4.83. The van der Waals surface area contributed by atoms with Crippen LogP contribution in [0, 0.1) is 11.8 Å². The van der Waals surface area contributed by atoms with Crippen molar-refractivity contribution >= 4 is 37.4 Å². The van der Waals surface area contributed by atoms with Gasteiger partial charge in [-0.1, -0.05) is 168 Å². The monoisotopic (exact) mass is 894 g/mol. The average molecular weight is 895 g/mol. The van der Waals surface area contributed by atoms with Crippen molar-refractivity contribution < 1.29 is 42.0 Å². The number of benzene rings is 4. The molecule has 4 bridgehead atoms. The molecule has 1 saturated carbocycles. The van der Waals surface area contributed by atoms with Crippen molar-refractivity contribution in [2.45, 2.75) is 107 Å². The Hall–Kier alpha value is -3.31. The number of ether oxygens (including phenoxy) is 7. The van der Waals surface area contributed by atoms with Gasteiger partial charge in [0.2, 0.25) is 0 Å². The summed E-state index contributed by atoms with van der Waals surface area (Å²) in [5.74, 6) is 0.121. The van der Waals surface area contributed by atoms with Gasteiger partial charge in [0.25, 0.3) is 16.6 Å². The zero-order chi connectivity index (χ0) is 45.3. The molecule has 3 fully saturated rings. The van der Waals surface area contributed by atoms with E-state index in [1.165, 1.54) is 26.3 Å². The van der Waals surface area contributed by atoms with E-state index in [1.807, 2.05) is 0 Å². The fourth-order valence-corrected chi connectivity index (χ4v) is 20.6. The topological polar surface area (TPSA) is 83.1 Å². The molecule has 2 aliphatic carbocycles. The minimum Gasteiger partial charge on any atom is -0.404 e. The van der Waals surface area contributed by atoms with Gasteiger partial charge in [-0.15, -0.1) is 0 Å². The van der Waals surface area contributed by atoms with Gasteiger partial charge in [0.05, 0.1) is 37.3 Å². The quantitative estimate of drug-likeness (QED) is 0.0907. The first-order chi connectivity index (χ1) is 30.1. The Morgan fingerprint density at radius 2 is 0.937 bits per heavy atom. The van der Waals surface area contributed by atoms with E-state index in [-0.39, 0.29) is 52.8 Å². The smallest absolute Gasteiger partial charge is 0.261 e. The first-order valence-electron chi connectivity index (χ1n) is 22.3. The van der Waals surface area contributed by atoms with Crippen molar-refractivity contribution in [3.8, 4) is 0 Å². The highest BCUT2D eigenvalue weighted by Crippen LogP contribution is 2.53. The maximum atomic E-state index is 7.21. The lowest BCUT2D eigenvalue weighted by molar-refractivity contribution is -0.221. The average Bonchev–Trinajstić information content (AvgIpc) is 3.97. The number of methoxy groups -OCH3 is 5. The third-order valence-corrected chi connectivity index (χ3v) is 24.1. The van der Waals surface area contributed by atoms with Crippen LogP contribution in [0.2, 0.25) is 10.1 Å². The minimum absolute atomic E-state index is 0.0152. The van der Waals surface area contributed by atoms with Crippen LogP contribution in [0.4, 0.5) is 0 Å². The normalized spacial score (nSPS) is 29.1. The van der Waals surface area contributed by atoms with Crippen molar-refractivity contribution in [1.82, 2.24) is 0 Å². The molecule has 340 valence electrons. The molecule has 2 unspecified atom stereocenters. The molecule has 0 aromatic heterocycles. The van der Waals surface area contributed by atoms with Gasteiger partial charge in [0, 0.05) is 42.0 Å². The summed E-state index contributed by atoms with van der Waals surface area (Å²) in [6.07, 6.45) is 2.01. The third-order valence-electron chi connectivity index (χ3n) is 14.1. The molecule has 2 heterocycles. The standard InChI is InChI=1S/C26H36O5Si.C26H34O4Si/c1-25(2,3)32(19-13-9-7-10-14-19,20-15-11-8-12-16-20)30-18-26-17-21(27-4)22(23(26)28-5)24(29-6)31-26;1-19-17-26(23(27-5)22(19)24(28-6)30-26)18-29-31(25(2,3)4,20-13-9-7-10-14-20)21-15-11-8-12-16-21/h7-16,21-24H,17-18H2,1-6H3;7-17,22-24H,18H2,1-6H3/t21-,22+,23-,24?,26+;22-,23+,24?,26-/m01/s1. The van der Waals surface area contributed by atoms with Crippen LogP contribution in [0.25, 0.3) is 0 Å². The summed E-state index contributed by atoms with van der Waals surface area (Å²) in [7, 11) is 3.28. The second kappa shape index (κ2) is 18.9. The fourth-order valence-electron chi connectivity index (χ4n) is 11.4. The second-order valence-electron chi connectivity index (χ2n) is 19.6. The second-order valence-corrected chi connectivity index (χ2v) is 28.3. The summed E-state index contributed by atoms with van der Waals surface area (Å²) in [6.45, 7) is 16.7. The highest BCUT2D eigenvalue weighted by Gasteiger charge is 2.67. The van der Waals surface area contributed by atoms with Crippen molar-refractivity contribution in [2.24, 2.45) is 11.8 Å². The van der Waals surface area contributed by atoms with Gasteiger partial charge in [-0.25, -0.2) is 0 Å². The molecule has 63 heavy (non-hydrogen) atoms. The first-order valence-corrected chi connectivity index (χ1v) is 26.1. The van der Waals surface area contributed by atoms with E-state index in [4.69, 9.17) is 42.0 Å². The Morgan fingerprint density at radius 1 is 0.524 bits per heavy atom. The van der Waals surface area contributed by atoms with Gasteiger partial charge in [-0.05, 0) is 43.8 Å². The Balaban J connectivity index is 0.000000189. The summed E-state index contributed by atoms with van der Waals surface area (Å²) < 4.78 is 56.4. The van der Waals surface area contributed by atoms with Gasteiger partial charge < -0.3 is 42.0 Å². The fraction of sp³-hybridized carbons (Fsp3) is 0.500. The maximum absolute atomic E-state index is 7.21. The van der Waals surface area contributed by atoms with Crippen LogP contribution < -0.4 is 20.7 Å². The maximum Gasteiger partial charge on any atom is 0.261 e. The molecule has 0 amide bonds. The molecule has 8 rings (SSSR count). The van der Waals surface area contributed by atoms with Gasteiger partial charge in [0.1, 0.15) is 17.3 Å². The molecule has 0 spiro atoms. The Morgan fingerprint density at radius 3 is 1.30 bits per heavy atom. The molecule has 9 nitrogen and oxygen atoms in total. The first kappa shape index (κ1) is 47.7. The molecule has 9 atom stereocenters. The largest absolute Gasteiger partial charge is 0.404 e. The lowest BCUT2D eigenvalue weighted by atomic mass is 9.97. The summed E-state index contributed by atoms with van der Waals surface area (Å²) in [5.41, 5.74) is 0.00132. The van der Waals surface area contributed by atoms with E-state index >= 15 is 0 Å². The molecule has 11 heteroatoms. The summed E-state index contributed by atoms with van der Waals surface area (Å²) in [6, 6.07) is 42.7.